The van der Waals surface area contributed by atoms with E-state index in [0.29, 0.717) is 35.2 Å². The molecular weight excluding hydrogens is 480 g/mol. The first-order valence-electron chi connectivity index (χ1n) is 12.2. The summed E-state index contributed by atoms with van der Waals surface area (Å²) in [7, 11) is 0. The molecule has 2 bridgehead atoms. The van der Waals surface area contributed by atoms with Crippen molar-refractivity contribution in [1.82, 2.24) is 4.98 Å². The summed E-state index contributed by atoms with van der Waals surface area (Å²) in [6.45, 7) is 2.33. The number of thioether (sulfide) groups is 1. The van der Waals surface area contributed by atoms with Crippen molar-refractivity contribution in [2.45, 2.75) is 42.4 Å². The summed E-state index contributed by atoms with van der Waals surface area (Å²) in [5, 5.41) is 4.45. The van der Waals surface area contributed by atoms with Gasteiger partial charge < -0.3 is 19.8 Å². The first kappa shape index (κ1) is 22.7. The second kappa shape index (κ2) is 9.39. The molecule has 35 heavy (non-hydrogen) atoms. The molecule has 6 rings (SSSR count). The average molecular weight is 509 g/mol. The van der Waals surface area contributed by atoms with Gasteiger partial charge in [-0.1, -0.05) is 35.6 Å². The average Bonchev–Trinajstić information content (AvgIpc) is 3.57. The van der Waals surface area contributed by atoms with Crippen molar-refractivity contribution < 1.29 is 14.3 Å². The minimum absolute atomic E-state index is 0.0224. The van der Waals surface area contributed by atoms with Crippen molar-refractivity contribution in [3.8, 4) is 11.5 Å². The predicted octanol–water partition coefficient (Wildman–Crippen LogP) is 5.50. The number of para-hydroxylation sites is 1. The Kier molecular flexibility index (Phi) is 6.10. The number of rotatable bonds is 7. The fourth-order valence-corrected chi connectivity index (χ4v) is 9.08. The Hall–Kier alpha value is -2.71. The maximum absolute atomic E-state index is 12.4. The lowest BCUT2D eigenvalue weighted by molar-refractivity contribution is -0.118. The van der Waals surface area contributed by atoms with Gasteiger partial charge in [-0.3, -0.25) is 9.59 Å². The Morgan fingerprint density at radius 2 is 1.91 bits per heavy atom. The highest BCUT2D eigenvalue weighted by atomic mass is 32.2. The molecule has 1 aliphatic heterocycles. The van der Waals surface area contributed by atoms with Crippen molar-refractivity contribution in [3.05, 3.63) is 68.6 Å². The van der Waals surface area contributed by atoms with Crippen molar-refractivity contribution in [1.29, 1.82) is 0 Å². The highest BCUT2D eigenvalue weighted by Gasteiger charge is 2.54. The molecule has 0 spiro atoms. The predicted molar refractivity (Wildman–Crippen MR) is 139 cm³/mol. The van der Waals surface area contributed by atoms with Gasteiger partial charge in [0.25, 0.3) is 5.91 Å². The molecule has 4 unspecified atom stereocenters. The van der Waals surface area contributed by atoms with Gasteiger partial charge in [0.2, 0.25) is 0 Å². The summed E-state index contributed by atoms with van der Waals surface area (Å²) in [5.74, 6) is 3.14. The van der Waals surface area contributed by atoms with Crippen LogP contribution in [-0.4, -0.2) is 29.4 Å². The van der Waals surface area contributed by atoms with E-state index in [1.807, 2.05) is 55.1 Å². The number of carbonyl (C=O) groups is 1. The number of fused-ring (bicyclic) bond motifs is 6. The van der Waals surface area contributed by atoms with Gasteiger partial charge in [0.1, 0.15) is 0 Å². The molecule has 3 aliphatic rings. The number of hydrogen-bond acceptors (Lipinski definition) is 6. The number of amides is 1. The Bertz CT molecular complexity index is 1290. The van der Waals surface area contributed by atoms with E-state index in [-0.39, 0.29) is 23.3 Å². The SMILES string of the molecule is CCOc1cc([C@H]2c3sc(=O)[nH]c3SC3C4CCC(C4)C32)ccc1OCC(=O)Nc1ccccc1. The molecule has 0 radical (unpaired) electrons. The second-order valence-electron chi connectivity index (χ2n) is 9.52. The van der Waals surface area contributed by atoms with E-state index in [4.69, 9.17) is 9.47 Å². The standard InChI is InChI=1S/C27H28N2O4S2/c1-2-32-20-13-16(10-11-19(20)33-14-21(30)28-18-6-4-3-5-7-18)23-22-15-8-9-17(12-15)24(22)34-26-25(23)35-27(31)29-26/h3-7,10-11,13,15,17,22-24H,2,8-9,12,14H2,1H3,(H,28,30)(H,29,31)/t15?,17?,22?,23-,24?/m1/s1. The first-order valence-corrected chi connectivity index (χ1v) is 13.9. The molecule has 8 heteroatoms. The zero-order valence-corrected chi connectivity index (χ0v) is 21.1. The van der Waals surface area contributed by atoms with Crippen LogP contribution in [0.3, 0.4) is 0 Å². The molecule has 2 aliphatic carbocycles. The van der Waals surface area contributed by atoms with Crippen LogP contribution in [0.5, 0.6) is 11.5 Å². The Labute approximate surface area is 212 Å². The largest absolute Gasteiger partial charge is 0.490 e. The number of H-pyrrole nitrogens is 1. The third-order valence-electron chi connectivity index (χ3n) is 7.51. The van der Waals surface area contributed by atoms with Crippen LogP contribution in [0, 0.1) is 17.8 Å². The van der Waals surface area contributed by atoms with Crippen LogP contribution < -0.4 is 19.7 Å². The van der Waals surface area contributed by atoms with Gasteiger partial charge >= 0.3 is 4.87 Å². The third kappa shape index (κ3) is 4.27. The fraction of sp³-hybridized carbons (Fsp3) is 0.407. The summed E-state index contributed by atoms with van der Waals surface area (Å²) < 4.78 is 11.8. The van der Waals surface area contributed by atoms with Gasteiger partial charge in [-0.05, 0) is 73.8 Å². The van der Waals surface area contributed by atoms with Gasteiger partial charge in [0.15, 0.2) is 18.1 Å². The maximum atomic E-state index is 12.4. The summed E-state index contributed by atoms with van der Waals surface area (Å²) in [6, 6.07) is 15.4. The first-order chi connectivity index (χ1) is 17.1. The fourth-order valence-electron chi connectivity index (χ4n) is 6.19. The third-order valence-corrected chi connectivity index (χ3v) is 10.1. The quantitative estimate of drug-likeness (QED) is 0.440. The Balaban J connectivity index is 1.27. The number of benzene rings is 2. The van der Waals surface area contributed by atoms with Crippen LogP contribution >= 0.6 is 23.1 Å². The molecule has 182 valence electrons. The molecule has 2 N–H and O–H groups in total. The summed E-state index contributed by atoms with van der Waals surface area (Å²) in [6.07, 6.45) is 3.89. The highest BCUT2D eigenvalue weighted by Crippen LogP contribution is 2.63. The van der Waals surface area contributed by atoms with E-state index < -0.39 is 0 Å². The molecule has 2 saturated carbocycles. The molecule has 2 aromatic carbocycles. The summed E-state index contributed by atoms with van der Waals surface area (Å²) >= 11 is 3.24. The van der Waals surface area contributed by atoms with Crippen LogP contribution in [0.4, 0.5) is 5.69 Å². The van der Waals surface area contributed by atoms with Gasteiger partial charge in [-0.15, -0.1) is 11.8 Å². The van der Waals surface area contributed by atoms with Gasteiger partial charge in [-0.2, -0.15) is 0 Å². The van der Waals surface area contributed by atoms with Crippen LogP contribution in [0.2, 0.25) is 0 Å². The van der Waals surface area contributed by atoms with Crippen molar-refractivity contribution in [2.24, 2.45) is 17.8 Å². The molecule has 5 atom stereocenters. The van der Waals surface area contributed by atoms with E-state index in [9.17, 15) is 9.59 Å². The topological polar surface area (TPSA) is 80.4 Å². The molecule has 2 heterocycles. The summed E-state index contributed by atoms with van der Waals surface area (Å²) in [5.41, 5.74) is 1.90. The molecule has 1 aromatic heterocycles. The number of carbonyl (C=O) groups excluding carboxylic acids is 1. The molecule has 3 aromatic rings. The van der Waals surface area contributed by atoms with E-state index in [0.717, 1.165) is 27.1 Å². The number of thiazole rings is 1. The Morgan fingerprint density at radius 1 is 1.09 bits per heavy atom. The van der Waals surface area contributed by atoms with Crippen LogP contribution in [0.15, 0.2) is 58.4 Å². The molecule has 0 saturated heterocycles. The van der Waals surface area contributed by atoms with Crippen LogP contribution in [0.25, 0.3) is 0 Å². The van der Waals surface area contributed by atoms with Gasteiger partial charge in [0.05, 0.1) is 11.6 Å². The minimum Gasteiger partial charge on any atom is -0.490 e. The smallest absolute Gasteiger partial charge is 0.305 e. The number of aromatic amines is 1. The van der Waals surface area contributed by atoms with E-state index in [1.54, 1.807) is 0 Å². The van der Waals surface area contributed by atoms with Gasteiger partial charge in [-0.25, -0.2) is 0 Å². The lowest BCUT2D eigenvalue weighted by Gasteiger charge is -2.40. The maximum Gasteiger partial charge on any atom is 0.305 e. The molecular formula is C27H28N2O4S2. The monoisotopic (exact) mass is 508 g/mol. The van der Waals surface area contributed by atoms with Crippen molar-refractivity contribution >= 4 is 34.7 Å². The number of hydrogen-bond donors (Lipinski definition) is 2. The zero-order chi connectivity index (χ0) is 23.9. The Morgan fingerprint density at radius 3 is 2.74 bits per heavy atom. The highest BCUT2D eigenvalue weighted by molar-refractivity contribution is 8.00. The zero-order valence-electron chi connectivity index (χ0n) is 19.5. The number of nitrogens with one attached hydrogen (secondary N) is 2. The van der Waals surface area contributed by atoms with Crippen molar-refractivity contribution in [3.63, 3.8) is 0 Å². The van der Waals surface area contributed by atoms with E-state index in [2.05, 4.69) is 22.4 Å². The van der Waals surface area contributed by atoms with Crippen molar-refractivity contribution in [2.75, 3.05) is 18.5 Å². The minimum atomic E-state index is -0.224. The molecule has 6 nitrogen and oxygen atoms in total. The molecule has 2 fully saturated rings. The van der Waals surface area contributed by atoms with E-state index >= 15 is 0 Å². The lowest BCUT2D eigenvalue weighted by Crippen LogP contribution is -2.33. The van der Waals surface area contributed by atoms with Crippen LogP contribution in [0.1, 0.15) is 42.5 Å². The lowest BCUT2D eigenvalue weighted by atomic mass is 9.75. The van der Waals surface area contributed by atoms with E-state index in [1.165, 1.54) is 30.6 Å². The normalized spacial score (nSPS) is 26.1. The number of ether oxygens (including phenoxy) is 2. The number of anilines is 1. The van der Waals surface area contributed by atoms with Crippen LogP contribution in [-0.2, 0) is 4.79 Å². The summed E-state index contributed by atoms with van der Waals surface area (Å²) in [4.78, 5) is 29.0. The van der Waals surface area contributed by atoms with Gasteiger partial charge in [0, 0.05) is 21.7 Å². The second-order valence-corrected chi connectivity index (χ2v) is 11.7. The molecule has 1 amide bonds. The number of aromatic nitrogens is 1.